The Morgan fingerprint density at radius 3 is 1.95 bits per heavy atom. The molecule has 2 aliphatic rings. The molecular formula is C27H33F3N2O5S. The highest BCUT2D eigenvalue weighted by molar-refractivity contribution is 7.92. The van der Waals surface area contributed by atoms with Crippen LogP contribution in [0.2, 0.25) is 0 Å². The number of benzene rings is 2. The predicted molar refractivity (Wildman–Crippen MR) is 138 cm³/mol. The van der Waals surface area contributed by atoms with E-state index in [0.29, 0.717) is 16.6 Å². The van der Waals surface area contributed by atoms with Gasteiger partial charge in [0.2, 0.25) is 5.91 Å². The van der Waals surface area contributed by atoms with Gasteiger partial charge >= 0.3 is 12.1 Å². The van der Waals surface area contributed by atoms with Gasteiger partial charge in [0.25, 0.3) is 10.0 Å². The van der Waals surface area contributed by atoms with Crippen LogP contribution in [0.25, 0.3) is 0 Å². The monoisotopic (exact) mass is 554 g/mol. The molecule has 0 aromatic heterocycles. The number of rotatable bonds is 6. The van der Waals surface area contributed by atoms with Gasteiger partial charge in [-0.25, -0.2) is 13.2 Å². The third-order valence-electron chi connectivity index (χ3n) is 7.14. The minimum Gasteiger partial charge on any atom is -0.475 e. The third-order valence-corrected chi connectivity index (χ3v) is 8.66. The van der Waals surface area contributed by atoms with Crippen LogP contribution in [0.1, 0.15) is 67.2 Å². The van der Waals surface area contributed by atoms with Crippen molar-refractivity contribution in [2.45, 2.75) is 88.2 Å². The molecule has 4 rings (SSSR count). The van der Waals surface area contributed by atoms with Crippen molar-refractivity contribution in [1.82, 2.24) is 5.32 Å². The van der Waals surface area contributed by atoms with Crippen LogP contribution in [0.4, 0.5) is 18.9 Å². The average Bonchev–Trinajstić information content (AvgIpc) is 3.64. The summed E-state index contributed by atoms with van der Waals surface area (Å²) in [5, 5.41) is 10.4. The molecule has 0 heterocycles. The van der Waals surface area contributed by atoms with Crippen LogP contribution in [0.15, 0.2) is 41.3 Å². The molecule has 3 N–H and O–H groups in total. The number of alkyl halides is 3. The first-order chi connectivity index (χ1) is 17.7. The van der Waals surface area contributed by atoms with Gasteiger partial charge in [0.1, 0.15) is 0 Å². The largest absolute Gasteiger partial charge is 0.490 e. The molecule has 2 aromatic rings. The van der Waals surface area contributed by atoms with Gasteiger partial charge in [-0.1, -0.05) is 37.5 Å². The second-order valence-corrected chi connectivity index (χ2v) is 11.7. The first kappa shape index (κ1) is 29.5. The van der Waals surface area contributed by atoms with Gasteiger partial charge in [-0.05, 0) is 86.9 Å². The van der Waals surface area contributed by atoms with Gasteiger partial charge in [0.15, 0.2) is 0 Å². The Kier molecular flexibility index (Phi) is 8.80. The zero-order chi connectivity index (χ0) is 28.3. The molecule has 0 bridgehead atoms. The molecule has 208 valence electrons. The summed E-state index contributed by atoms with van der Waals surface area (Å²) in [4.78, 5) is 22.2. The highest BCUT2D eigenvalue weighted by Crippen LogP contribution is 2.49. The number of carbonyl (C=O) groups excluding carboxylic acids is 1. The van der Waals surface area contributed by atoms with E-state index in [1.807, 2.05) is 39.0 Å². The van der Waals surface area contributed by atoms with E-state index < -0.39 is 27.6 Å². The molecule has 0 unspecified atom stereocenters. The Balaban J connectivity index is 0.000000505. The minimum absolute atomic E-state index is 0.124. The molecule has 38 heavy (non-hydrogen) atoms. The Morgan fingerprint density at radius 2 is 1.45 bits per heavy atom. The van der Waals surface area contributed by atoms with E-state index in [-0.39, 0.29) is 5.91 Å². The number of amides is 1. The van der Waals surface area contributed by atoms with E-state index in [9.17, 15) is 26.4 Å². The molecule has 0 spiro atoms. The number of nitrogens with one attached hydrogen (secondary N) is 2. The number of aliphatic carboxylic acids is 1. The summed E-state index contributed by atoms with van der Waals surface area (Å²) < 4.78 is 60.3. The van der Waals surface area contributed by atoms with Crippen LogP contribution < -0.4 is 10.0 Å². The topological polar surface area (TPSA) is 113 Å². The van der Waals surface area contributed by atoms with Gasteiger partial charge in [0.05, 0.1) is 10.3 Å². The SMILES string of the molecule is Cc1cc(C)c(S(=O)(=O)Nc2ccc(C3(C(=O)NC4CCCCC4)CC3)cc2)cc1C.O=C(O)C(F)(F)F. The van der Waals surface area contributed by atoms with E-state index in [2.05, 4.69) is 10.0 Å². The normalized spacial score (nSPS) is 17.1. The number of anilines is 1. The number of halogens is 3. The van der Waals surface area contributed by atoms with Crippen molar-refractivity contribution >= 4 is 27.6 Å². The lowest BCUT2D eigenvalue weighted by Gasteiger charge is -2.25. The molecule has 1 amide bonds. The van der Waals surface area contributed by atoms with E-state index in [1.54, 1.807) is 18.2 Å². The van der Waals surface area contributed by atoms with Crippen LogP contribution in [0.5, 0.6) is 0 Å². The van der Waals surface area contributed by atoms with Crippen molar-refractivity contribution in [3.05, 3.63) is 58.7 Å². The molecule has 0 saturated heterocycles. The zero-order valence-corrected chi connectivity index (χ0v) is 22.4. The molecule has 0 atom stereocenters. The molecule has 0 radical (unpaired) electrons. The van der Waals surface area contributed by atoms with Gasteiger partial charge in [-0.15, -0.1) is 0 Å². The van der Waals surface area contributed by atoms with Crippen molar-refractivity contribution in [2.75, 3.05) is 4.72 Å². The minimum atomic E-state index is -5.08. The lowest BCUT2D eigenvalue weighted by molar-refractivity contribution is -0.192. The molecular weight excluding hydrogens is 521 g/mol. The van der Waals surface area contributed by atoms with E-state index in [0.717, 1.165) is 47.9 Å². The second-order valence-electron chi connectivity index (χ2n) is 10.1. The number of carboxylic acids is 1. The lowest BCUT2D eigenvalue weighted by atomic mass is 9.91. The van der Waals surface area contributed by atoms with Gasteiger partial charge in [0, 0.05) is 11.7 Å². The van der Waals surface area contributed by atoms with Crippen LogP contribution >= 0.6 is 0 Å². The molecule has 0 aliphatic heterocycles. The van der Waals surface area contributed by atoms with Gasteiger partial charge in [-0.3, -0.25) is 9.52 Å². The van der Waals surface area contributed by atoms with Crippen LogP contribution in [-0.2, 0) is 25.0 Å². The van der Waals surface area contributed by atoms with Crippen LogP contribution in [-0.4, -0.2) is 37.6 Å². The fourth-order valence-electron chi connectivity index (χ4n) is 4.63. The Hall–Kier alpha value is -3.08. The number of hydrogen-bond donors (Lipinski definition) is 3. The average molecular weight is 555 g/mol. The third kappa shape index (κ3) is 7.06. The van der Waals surface area contributed by atoms with Crippen LogP contribution in [0, 0.1) is 20.8 Å². The maximum Gasteiger partial charge on any atom is 0.490 e. The van der Waals surface area contributed by atoms with Gasteiger partial charge in [-0.2, -0.15) is 13.2 Å². The molecule has 2 fully saturated rings. The number of sulfonamides is 1. The fraction of sp³-hybridized carbons (Fsp3) is 0.481. The van der Waals surface area contributed by atoms with Crippen molar-refractivity contribution in [3.63, 3.8) is 0 Å². The maximum atomic E-state index is 13.0. The second kappa shape index (κ2) is 11.3. The van der Waals surface area contributed by atoms with Gasteiger partial charge < -0.3 is 10.4 Å². The van der Waals surface area contributed by atoms with E-state index in [4.69, 9.17) is 9.90 Å². The number of hydrogen-bond acceptors (Lipinski definition) is 4. The molecule has 7 nitrogen and oxygen atoms in total. The predicted octanol–water partition coefficient (Wildman–Crippen LogP) is 5.53. The van der Waals surface area contributed by atoms with Crippen molar-refractivity contribution < 1.29 is 36.3 Å². The molecule has 11 heteroatoms. The number of carboxylic acid groups (broad SMARTS) is 1. The summed E-state index contributed by atoms with van der Waals surface area (Å²) in [6, 6.07) is 11.2. The van der Waals surface area contributed by atoms with Crippen LogP contribution in [0.3, 0.4) is 0 Å². The van der Waals surface area contributed by atoms with Crippen molar-refractivity contribution in [3.8, 4) is 0 Å². The Morgan fingerprint density at radius 1 is 0.921 bits per heavy atom. The summed E-state index contributed by atoms with van der Waals surface area (Å²) in [5.74, 6) is -2.63. The fourth-order valence-corrected chi connectivity index (χ4v) is 6.00. The standard InChI is InChI=1S/C25H32N2O3S.C2HF3O2/c1-17-15-19(3)23(16-18(17)2)31(29,30)27-22-11-9-20(10-12-22)25(13-14-25)24(28)26-21-7-5-4-6-8-21;3-2(4,5)1(6)7/h9-12,15-16,21,27H,4-8,13-14H2,1-3H3,(H,26,28);(H,6,7). The highest BCUT2D eigenvalue weighted by Gasteiger charge is 2.51. The lowest BCUT2D eigenvalue weighted by Crippen LogP contribution is -2.42. The summed E-state index contributed by atoms with van der Waals surface area (Å²) in [7, 11) is -3.68. The van der Waals surface area contributed by atoms with E-state index >= 15 is 0 Å². The number of carbonyl (C=O) groups is 2. The highest BCUT2D eigenvalue weighted by atomic mass is 32.2. The number of aryl methyl sites for hydroxylation is 3. The smallest absolute Gasteiger partial charge is 0.475 e. The van der Waals surface area contributed by atoms with Crippen molar-refractivity contribution in [2.24, 2.45) is 0 Å². The zero-order valence-electron chi connectivity index (χ0n) is 21.6. The first-order valence-corrected chi connectivity index (χ1v) is 14.0. The Labute approximate surface area is 220 Å². The summed E-state index contributed by atoms with van der Waals surface area (Å²) >= 11 is 0. The summed E-state index contributed by atoms with van der Waals surface area (Å²) in [5.41, 5.74) is 3.77. The van der Waals surface area contributed by atoms with E-state index in [1.165, 1.54) is 19.3 Å². The quantitative estimate of drug-likeness (QED) is 0.435. The maximum absolute atomic E-state index is 13.0. The van der Waals surface area contributed by atoms with Crippen molar-refractivity contribution in [1.29, 1.82) is 0 Å². The molecule has 2 aliphatic carbocycles. The summed E-state index contributed by atoms with van der Waals surface area (Å²) in [6.07, 6.45) is 2.38. The Bertz CT molecular complexity index is 1280. The molecule has 2 saturated carbocycles. The summed E-state index contributed by atoms with van der Waals surface area (Å²) in [6.45, 7) is 5.70. The first-order valence-electron chi connectivity index (χ1n) is 12.5. The molecule has 2 aromatic carbocycles.